The molecular weight excluding hydrogens is 471 g/mol. The molecule has 37 heavy (non-hydrogen) atoms. The monoisotopic (exact) mass is 504 g/mol. The Hall–Kier alpha value is -3.53. The number of fused-ring (bicyclic) bond motifs is 2. The standard InChI is InChI=1S/C27H33FN8O/c1-35-10-6-19(7-11-35)33-25(37)22-16-32-36-12-5-18(13-23(22)36)20-14-29-24-21(20)15-30-26(34-24)31-17-27(28)8-3-2-4-9-27/h5,12-16,19H,2-4,6-11,17H2,1H3,(H,33,37)(H2,29,30,31,34). The minimum atomic E-state index is -1.19. The van der Waals surface area contributed by atoms with Crippen molar-refractivity contribution in [3.63, 3.8) is 0 Å². The number of nitrogens with one attached hydrogen (secondary N) is 3. The van der Waals surface area contributed by atoms with Crippen LogP contribution in [0.15, 0.2) is 36.9 Å². The Balaban J connectivity index is 1.21. The summed E-state index contributed by atoms with van der Waals surface area (Å²) >= 11 is 0. The lowest BCUT2D eigenvalue weighted by Crippen LogP contribution is -2.43. The molecule has 5 heterocycles. The number of H-pyrrole nitrogens is 1. The van der Waals surface area contributed by atoms with E-state index in [1.807, 2.05) is 24.5 Å². The number of hydrogen-bond acceptors (Lipinski definition) is 6. The second-order valence-corrected chi connectivity index (χ2v) is 10.6. The molecule has 1 saturated heterocycles. The predicted octanol–water partition coefficient (Wildman–Crippen LogP) is 4.18. The Morgan fingerprint density at radius 1 is 1.22 bits per heavy atom. The van der Waals surface area contributed by atoms with Gasteiger partial charge in [0.15, 0.2) is 0 Å². The van der Waals surface area contributed by atoms with Crippen LogP contribution in [0, 0.1) is 0 Å². The number of alkyl halides is 1. The van der Waals surface area contributed by atoms with Crippen LogP contribution in [0.25, 0.3) is 27.7 Å². The van der Waals surface area contributed by atoms with E-state index in [1.165, 1.54) is 0 Å². The van der Waals surface area contributed by atoms with E-state index in [-0.39, 0.29) is 18.5 Å². The molecule has 9 nitrogen and oxygen atoms in total. The summed E-state index contributed by atoms with van der Waals surface area (Å²) in [6.07, 6.45) is 13.2. The van der Waals surface area contributed by atoms with Crippen LogP contribution in [0.3, 0.4) is 0 Å². The maximum Gasteiger partial charge on any atom is 0.255 e. The number of amides is 1. The fraction of sp³-hybridized carbons (Fsp3) is 0.481. The number of nitrogens with zero attached hydrogens (tertiary/aromatic N) is 5. The molecule has 1 aliphatic carbocycles. The molecule has 0 atom stereocenters. The molecule has 0 spiro atoms. The number of piperidine rings is 1. The number of aromatic amines is 1. The summed E-state index contributed by atoms with van der Waals surface area (Å²) in [7, 11) is 2.11. The first-order chi connectivity index (χ1) is 18.0. The van der Waals surface area contributed by atoms with Crippen molar-refractivity contribution in [3.05, 3.63) is 42.5 Å². The van der Waals surface area contributed by atoms with Crippen LogP contribution in [0.1, 0.15) is 55.3 Å². The lowest BCUT2D eigenvalue weighted by molar-refractivity contribution is 0.0918. The summed E-state index contributed by atoms with van der Waals surface area (Å²) in [5.74, 6) is 0.325. The second-order valence-electron chi connectivity index (χ2n) is 10.6. The molecule has 194 valence electrons. The second kappa shape index (κ2) is 9.74. The Kier molecular flexibility index (Phi) is 6.27. The molecular formula is C27H33FN8O. The molecule has 2 fully saturated rings. The van der Waals surface area contributed by atoms with Crippen LogP contribution in [0.4, 0.5) is 10.3 Å². The maximum atomic E-state index is 15.0. The molecule has 2 aliphatic rings. The molecule has 1 aliphatic heterocycles. The van der Waals surface area contributed by atoms with Gasteiger partial charge >= 0.3 is 0 Å². The third kappa shape index (κ3) is 4.90. The van der Waals surface area contributed by atoms with Crippen LogP contribution < -0.4 is 10.6 Å². The van der Waals surface area contributed by atoms with Gasteiger partial charge in [-0.05, 0) is 63.5 Å². The Morgan fingerprint density at radius 2 is 2.03 bits per heavy atom. The number of halogens is 1. The quantitative estimate of drug-likeness (QED) is 0.364. The highest BCUT2D eigenvalue weighted by Crippen LogP contribution is 2.32. The molecule has 10 heteroatoms. The summed E-state index contributed by atoms with van der Waals surface area (Å²) in [6.45, 7) is 2.20. The molecule has 0 unspecified atom stereocenters. The minimum Gasteiger partial charge on any atom is -0.351 e. The van der Waals surface area contributed by atoms with Crippen molar-refractivity contribution in [1.82, 2.24) is 34.8 Å². The van der Waals surface area contributed by atoms with Crippen LogP contribution in [0.5, 0.6) is 0 Å². The normalized spacial score (nSPS) is 18.9. The average molecular weight is 505 g/mol. The molecule has 4 aromatic heterocycles. The van der Waals surface area contributed by atoms with Crippen molar-refractivity contribution in [2.75, 3.05) is 32.0 Å². The third-order valence-electron chi connectivity index (χ3n) is 7.88. The number of pyridine rings is 1. The first-order valence-electron chi connectivity index (χ1n) is 13.2. The topological polar surface area (TPSA) is 103 Å². The van der Waals surface area contributed by atoms with Gasteiger partial charge in [-0.15, -0.1) is 0 Å². The molecule has 4 aromatic rings. The van der Waals surface area contributed by atoms with Gasteiger partial charge in [-0.2, -0.15) is 10.1 Å². The molecule has 1 amide bonds. The van der Waals surface area contributed by atoms with Gasteiger partial charge in [-0.3, -0.25) is 4.79 Å². The molecule has 0 radical (unpaired) electrons. The van der Waals surface area contributed by atoms with Crippen molar-refractivity contribution in [3.8, 4) is 11.1 Å². The van der Waals surface area contributed by atoms with Crippen LogP contribution >= 0.6 is 0 Å². The zero-order chi connectivity index (χ0) is 25.4. The Labute approximate surface area is 214 Å². The lowest BCUT2D eigenvalue weighted by atomic mass is 9.86. The van der Waals surface area contributed by atoms with Gasteiger partial charge in [0.25, 0.3) is 5.91 Å². The first kappa shape index (κ1) is 23.8. The maximum absolute atomic E-state index is 15.0. The Bertz CT molecular complexity index is 1410. The average Bonchev–Trinajstić information content (AvgIpc) is 3.53. The van der Waals surface area contributed by atoms with Crippen molar-refractivity contribution in [2.24, 2.45) is 0 Å². The molecule has 0 aromatic carbocycles. The van der Waals surface area contributed by atoms with Gasteiger partial charge in [0.05, 0.1) is 23.8 Å². The summed E-state index contributed by atoms with van der Waals surface area (Å²) in [5, 5.41) is 11.5. The van der Waals surface area contributed by atoms with E-state index in [0.29, 0.717) is 30.0 Å². The highest BCUT2D eigenvalue weighted by atomic mass is 19.1. The van der Waals surface area contributed by atoms with Gasteiger partial charge < -0.3 is 20.5 Å². The number of rotatable bonds is 6. The first-order valence-corrected chi connectivity index (χ1v) is 13.2. The van der Waals surface area contributed by atoms with Gasteiger partial charge in [0, 0.05) is 35.6 Å². The van der Waals surface area contributed by atoms with Crippen molar-refractivity contribution in [2.45, 2.75) is 56.7 Å². The van der Waals surface area contributed by atoms with E-state index in [4.69, 9.17) is 0 Å². The van der Waals surface area contributed by atoms with Gasteiger partial charge in [-0.25, -0.2) is 13.9 Å². The SMILES string of the molecule is CN1CCC(NC(=O)c2cnn3ccc(-c4c[nH]c5nc(NCC6(F)CCCCC6)ncc45)cc23)CC1. The molecule has 0 bridgehead atoms. The summed E-state index contributed by atoms with van der Waals surface area (Å²) in [4.78, 5) is 27.6. The summed E-state index contributed by atoms with van der Waals surface area (Å²) in [6, 6.07) is 4.12. The minimum absolute atomic E-state index is 0.0942. The van der Waals surface area contributed by atoms with Gasteiger partial charge in [0.2, 0.25) is 5.95 Å². The smallest absolute Gasteiger partial charge is 0.255 e. The van der Waals surface area contributed by atoms with Crippen LogP contribution in [-0.2, 0) is 0 Å². The molecule has 1 saturated carbocycles. The number of likely N-dealkylation sites (tertiary alicyclic amines) is 1. The fourth-order valence-corrected chi connectivity index (χ4v) is 5.57. The van der Waals surface area contributed by atoms with Crippen molar-refractivity contribution >= 4 is 28.4 Å². The summed E-state index contributed by atoms with van der Waals surface area (Å²) < 4.78 is 16.7. The van der Waals surface area contributed by atoms with E-state index < -0.39 is 5.67 Å². The molecule has 3 N–H and O–H groups in total. The van der Waals surface area contributed by atoms with E-state index in [2.05, 4.69) is 42.6 Å². The van der Waals surface area contributed by atoms with Crippen molar-refractivity contribution < 1.29 is 9.18 Å². The Morgan fingerprint density at radius 3 is 2.84 bits per heavy atom. The number of anilines is 1. The van der Waals surface area contributed by atoms with E-state index in [0.717, 1.165) is 67.2 Å². The molecule has 6 rings (SSSR count). The zero-order valence-electron chi connectivity index (χ0n) is 21.1. The van der Waals surface area contributed by atoms with Gasteiger partial charge in [-0.1, -0.05) is 19.3 Å². The van der Waals surface area contributed by atoms with Gasteiger partial charge in [0.1, 0.15) is 11.3 Å². The fourth-order valence-electron chi connectivity index (χ4n) is 5.57. The predicted molar refractivity (Wildman–Crippen MR) is 141 cm³/mol. The number of hydrogen-bond donors (Lipinski definition) is 3. The highest BCUT2D eigenvalue weighted by molar-refractivity contribution is 6.02. The summed E-state index contributed by atoms with van der Waals surface area (Å²) in [5.41, 5.74) is 2.67. The van der Waals surface area contributed by atoms with E-state index in [9.17, 15) is 9.18 Å². The lowest BCUT2D eigenvalue weighted by Gasteiger charge is -2.29. The van der Waals surface area contributed by atoms with Crippen LogP contribution in [-0.4, -0.2) is 73.8 Å². The van der Waals surface area contributed by atoms with Crippen LogP contribution in [0.2, 0.25) is 0 Å². The number of aromatic nitrogens is 5. The largest absolute Gasteiger partial charge is 0.351 e. The van der Waals surface area contributed by atoms with Crippen molar-refractivity contribution in [1.29, 1.82) is 0 Å². The number of carbonyl (C=O) groups is 1. The van der Waals surface area contributed by atoms with E-state index >= 15 is 0 Å². The van der Waals surface area contributed by atoms with E-state index in [1.54, 1.807) is 16.9 Å². The highest BCUT2D eigenvalue weighted by Gasteiger charge is 2.31. The number of carbonyl (C=O) groups excluding carboxylic acids is 1. The zero-order valence-corrected chi connectivity index (χ0v) is 21.1. The third-order valence-corrected chi connectivity index (χ3v) is 7.88.